The van der Waals surface area contributed by atoms with Crippen LogP contribution < -0.4 is 20.1 Å². The number of guanidine groups is 1. The zero-order chi connectivity index (χ0) is 20.9. The molecular weight excluding hydrogens is 517 g/mol. The molecule has 30 heavy (non-hydrogen) atoms. The molecule has 0 amide bonds. The molecule has 1 aliphatic heterocycles. The van der Waals surface area contributed by atoms with Crippen LogP contribution in [-0.2, 0) is 16.6 Å². The zero-order valence-corrected chi connectivity index (χ0v) is 20.3. The molecule has 0 aliphatic carbocycles. The molecular formula is C20H28IN5O3S. The molecule has 0 unspecified atom stereocenters. The second-order valence-electron chi connectivity index (χ2n) is 6.74. The lowest BCUT2D eigenvalue weighted by atomic mass is 10.2. The smallest absolute Gasteiger partial charge is 0.238 e. The van der Waals surface area contributed by atoms with Crippen LogP contribution in [0.4, 0.5) is 5.69 Å². The minimum Gasteiger partial charge on any atom is -0.495 e. The largest absolute Gasteiger partial charge is 0.495 e. The van der Waals surface area contributed by atoms with Gasteiger partial charge in [-0.3, -0.25) is 4.99 Å². The third-order valence-electron chi connectivity index (χ3n) is 4.89. The van der Waals surface area contributed by atoms with Crippen molar-refractivity contribution in [1.29, 1.82) is 0 Å². The minimum atomic E-state index is -3.71. The van der Waals surface area contributed by atoms with Crippen molar-refractivity contribution in [3.8, 4) is 5.75 Å². The standard InChI is InChI=1S/C20H27N5O3S.HI/c1-22-20(23-15-16-6-5-7-17(14-16)29(21,26)27)25-12-10-24(11-13-25)18-8-3-4-9-19(18)28-2;/h3-9,14H,10-13,15H2,1-2H3,(H,22,23)(H2,21,26,27);1H. The minimum absolute atomic E-state index is 0. The number of hydrogen-bond acceptors (Lipinski definition) is 5. The molecule has 0 saturated carbocycles. The van der Waals surface area contributed by atoms with E-state index < -0.39 is 10.0 Å². The second kappa shape index (κ2) is 10.8. The van der Waals surface area contributed by atoms with Crippen LogP contribution >= 0.6 is 24.0 Å². The lowest BCUT2D eigenvalue weighted by Crippen LogP contribution is -2.52. The normalized spacial score (nSPS) is 14.8. The molecule has 2 aromatic rings. The van der Waals surface area contributed by atoms with Gasteiger partial charge in [0.1, 0.15) is 5.75 Å². The van der Waals surface area contributed by atoms with Crippen molar-refractivity contribution in [2.75, 3.05) is 45.2 Å². The Balaban J connectivity index is 0.00000320. The Hall–Kier alpha value is -2.05. The molecule has 0 atom stereocenters. The van der Waals surface area contributed by atoms with Gasteiger partial charge in [-0.2, -0.15) is 0 Å². The van der Waals surface area contributed by atoms with E-state index in [1.807, 2.05) is 24.3 Å². The number of aliphatic imine (C=N–C) groups is 1. The summed E-state index contributed by atoms with van der Waals surface area (Å²) in [5.41, 5.74) is 1.92. The van der Waals surface area contributed by atoms with E-state index >= 15 is 0 Å². The Morgan fingerprint density at radius 2 is 1.83 bits per heavy atom. The molecule has 0 spiro atoms. The van der Waals surface area contributed by atoms with Gasteiger partial charge < -0.3 is 19.9 Å². The fourth-order valence-corrected chi connectivity index (χ4v) is 3.98. The number of nitrogens with two attached hydrogens (primary N) is 1. The van der Waals surface area contributed by atoms with E-state index in [0.29, 0.717) is 6.54 Å². The number of hydrogen-bond donors (Lipinski definition) is 2. The van der Waals surface area contributed by atoms with Crippen molar-refractivity contribution in [3.63, 3.8) is 0 Å². The van der Waals surface area contributed by atoms with E-state index in [0.717, 1.165) is 49.1 Å². The SMILES string of the molecule is CN=C(NCc1cccc(S(N)(=O)=O)c1)N1CCN(c2ccccc2OC)CC1.I. The number of nitrogens with one attached hydrogen (secondary N) is 1. The van der Waals surface area contributed by atoms with E-state index in [1.54, 1.807) is 26.3 Å². The van der Waals surface area contributed by atoms with E-state index in [2.05, 4.69) is 26.2 Å². The van der Waals surface area contributed by atoms with Crippen LogP contribution in [0.3, 0.4) is 0 Å². The van der Waals surface area contributed by atoms with Gasteiger partial charge in [-0.15, -0.1) is 24.0 Å². The van der Waals surface area contributed by atoms with Crippen LogP contribution in [0.5, 0.6) is 5.75 Å². The van der Waals surface area contributed by atoms with Crippen molar-refractivity contribution >= 4 is 45.6 Å². The highest BCUT2D eigenvalue weighted by Crippen LogP contribution is 2.28. The molecule has 164 valence electrons. The maximum Gasteiger partial charge on any atom is 0.238 e. The number of ether oxygens (including phenoxy) is 1. The molecule has 3 N–H and O–H groups in total. The first-order chi connectivity index (χ1) is 13.9. The van der Waals surface area contributed by atoms with E-state index in [4.69, 9.17) is 9.88 Å². The van der Waals surface area contributed by atoms with Gasteiger partial charge in [0.2, 0.25) is 10.0 Å². The number of piperazine rings is 1. The fraction of sp³-hybridized carbons (Fsp3) is 0.350. The van der Waals surface area contributed by atoms with Crippen molar-refractivity contribution in [2.24, 2.45) is 10.1 Å². The summed E-state index contributed by atoms with van der Waals surface area (Å²) in [5.74, 6) is 1.66. The van der Waals surface area contributed by atoms with Crippen LogP contribution in [0, 0.1) is 0 Å². The van der Waals surface area contributed by atoms with Crippen LogP contribution in [0.25, 0.3) is 0 Å². The van der Waals surface area contributed by atoms with Gasteiger partial charge in [-0.25, -0.2) is 13.6 Å². The zero-order valence-electron chi connectivity index (χ0n) is 17.1. The Labute approximate surface area is 195 Å². The highest BCUT2D eigenvalue weighted by atomic mass is 127. The Morgan fingerprint density at radius 1 is 1.13 bits per heavy atom. The number of nitrogens with zero attached hydrogens (tertiary/aromatic N) is 3. The molecule has 3 rings (SSSR count). The predicted molar refractivity (Wildman–Crippen MR) is 130 cm³/mol. The van der Waals surface area contributed by atoms with Gasteiger partial charge in [0, 0.05) is 39.8 Å². The van der Waals surface area contributed by atoms with E-state index in [9.17, 15) is 8.42 Å². The number of anilines is 1. The number of rotatable bonds is 5. The van der Waals surface area contributed by atoms with Gasteiger partial charge in [0.15, 0.2) is 5.96 Å². The predicted octanol–water partition coefficient (Wildman–Crippen LogP) is 1.86. The molecule has 1 fully saturated rings. The summed E-state index contributed by atoms with van der Waals surface area (Å²) in [6, 6.07) is 14.6. The average Bonchev–Trinajstić information content (AvgIpc) is 2.74. The number of sulfonamides is 1. The number of benzene rings is 2. The summed E-state index contributed by atoms with van der Waals surface area (Å²) in [6.45, 7) is 3.79. The van der Waals surface area contributed by atoms with Crippen LogP contribution in [0.15, 0.2) is 58.4 Å². The highest BCUT2D eigenvalue weighted by molar-refractivity contribution is 14.0. The third-order valence-corrected chi connectivity index (χ3v) is 5.81. The summed E-state index contributed by atoms with van der Waals surface area (Å²) in [6.07, 6.45) is 0. The van der Waals surface area contributed by atoms with Gasteiger partial charge in [-0.1, -0.05) is 24.3 Å². The monoisotopic (exact) mass is 545 g/mol. The number of primary sulfonamides is 1. The highest BCUT2D eigenvalue weighted by Gasteiger charge is 2.21. The molecule has 10 heteroatoms. The molecule has 0 bridgehead atoms. The number of para-hydroxylation sites is 2. The second-order valence-corrected chi connectivity index (χ2v) is 8.30. The first-order valence-corrected chi connectivity index (χ1v) is 10.9. The first-order valence-electron chi connectivity index (χ1n) is 9.37. The molecule has 0 aromatic heterocycles. The summed E-state index contributed by atoms with van der Waals surface area (Å²) in [5, 5.41) is 8.52. The summed E-state index contributed by atoms with van der Waals surface area (Å²) < 4.78 is 28.5. The van der Waals surface area contributed by atoms with E-state index in [1.165, 1.54) is 6.07 Å². The molecule has 1 aliphatic rings. The van der Waals surface area contributed by atoms with Crippen LogP contribution in [-0.4, -0.2) is 59.6 Å². The molecule has 8 nitrogen and oxygen atoms in total. The van der Waals surface area contributed by atoms with Gasteiger partial charge in [-0.05, 0) is 29.8 Å². The van der Waals surface area contributed by atoms with Crippen molar-refractivity contribution in [3.05, 3.63) is 54.1 Å². The Morgan fingerprint density at radius 3 is 2.47 bits per heavy atom. The molecule has 1 saturated heterocycles. The van der Waals surface area contributed by atoms with Crippen LogP contribution in [0.2, 0.25) is 0 Å². The molecule has 2 aromatic carbocycles. The lowest BCUT2D eigenvalue weighted by molar-refractivity contribution is 0.367. The summed E-state index contributed by atoms with van der Waals surface area (Å²) in [7, 11) is -0.280. The quantitative estimate of drug-likeness (QED) is 0.338. The van der Waals surface area contributed by atoms with Crippen molar-refractivity contribution < 1.29 is 13.2 Å². The van der Waals surface area contributed by atoms with Crippen molar-refractivity contribution in [1.82, 2.24) is 10.2 Å². The number of halogens is 1. The molecule has 1 heterocycles. The first kappa shape index (κ1) is 24.2. The lowest BCUT2D eigenvalue weighted by Gasteiger charge is -2.38. The summed E-state index contributed by atoms with van der Waals surface area (Å²) in [4.78, 5) is 8.98. The van der Waals surface area contributed by atoms with Crippen LogP contribution in [0.1, 0.15) is 5.56 Å². The Kier molecular flexibility index (Phi) is 8.74. The van der Waals surface area contributed by atoms with Gasteiger partial charge in [0.05, 0.1) is 17.7 Å². The maximum atomic E-state index is 11.5. The van der Waals surface area contributed by atoms with Gasteiger partial charge in [0.25, 0.3) is 0 Å². The Bertz CT molecular complexity index is 976. The topological polar surface area (TPSA) is 100 Å². The van der Waals surface area contributed by atoms with Crippen molar-refractivity contribution in [2.45, 2.75) is 11.4 Å². The number of methoxy groups -OCH3 is 1. The maximum absolute atomic E-state index is 11.5. The van der Waals surface area contributed by atoms with Gasteiger partial charge >= 0.3 is 0 Å². The summed E-state index contributed by atoms with van der Waals surface area (Å²) >= 11 is 0. The fourth-order valence-electron chi connectivity index (χ4n) is 3.40. The third kappa shape index (κ3) is 5.99. The average molecular weight is 545 g/mol. The van der Waals surface area contributed by atoms with E-state index in [-0.39, 0.29) is 28.9 Å². The molecule has 0 radical (unpaired) electrons.